The average molecular weight is 515 g/mol. The Labute approximate surface area is 223 Å². The van der Waals surface area contributed by atoms with Gasteiger partial charge in [0.15, 0.2) is 0 Å². The van der Waals surface area contributed by atoms with Crippen LogP contribution in [0.2, 0.25) is 0 Å². The number of hydrogen-bond acceptors (Lipinski definition) is 3. The summed E-state index contributed by atoms with van der Waals surface area (Å²) in [6, 6.07) is 11.8. The fourth-order valence-corrected chi connectivity index (χ4v) is 5.01. The van der Waals surface area contributed by atoms with Crippen molar-refractivity contribution < 1.29 is 18.4 Å². The molecule has 0 saturated heterocycles. The van der Waals surface area contributed by atoms with Crippen LogP contribution in [0.5, 0.6) is 0 Å². The van der Waals surface area contributed by atoms with Crippen molar-refractivity contribution in [1.29, 1.82) is 0 Å². The largest absolute Gasteiger partial charge is 0.455 e. The zero-order valence-electron chi connectivity index (χ0n) is 22.4. The standard InChI is InChI=1S/C32H35FN2O3/c1-21(10-9-11-22(2)32(37)35(4)26-12-7-5-6-8-13-26)24-16-19-28-27(20-24)29(31(36)34-3)30(38-28)23-14-17-25(33)18-15-23/h9-11,14-20,26H,2,5-8,12-13H2,1,3-4H3,(H,34,36). The van der Waals surface area contributed by atoms with Crippen molar-refractivity contribution in [3.8, 4) is 11.3 Å². The van der Waals surface area contributed by atoms with E-state index in [0.29, 0.717) is 33.4 Å². The Morgan fingerprint density at radius 1 is 1.08 bits per heavy atom. The fraction of sp³-hybridized carbons (Fsp3) is 0.312. The van der Waals surface area contributed by atoms with Crippen molar-refractivity contribution in [2.24, 2.45) is 0 Å². The Balaban J connectivity index is 1.56. The number of nitrogens with one attached hydrogen (secondary N) is 1. The Morgan fingerprint density at radius 3 is 2.42 bits per heavy atom. The topological polar surface area (TPSA) is 62.6 Å². The van der Waals surface area contributed by atoms with Crippen LogP contribution in [0, 0.1) is 5.82 Å². The van der Waals surface area contributed by atoms with E-state index in [4.69, 9.17) is 4.42 Å². The molecule has 0 spiro atoms. The second kappa shape index (κ2) is 12.1. The molecule has 198 valence electrons. The number of carbonyl (C=O) groups excluding carboxylic acids is 2. The Bertz CT molecular complexity index is 1390. The van der Waals surface area contributed by atoms with E-state index in [9.17, 15) is 14.0 Å². The Morgan fingerprint density at radius 2 is 1.76 bits per heavy atom. The number of rotatable bonds is 7. The lowest BCUT2D eigenvalue weighted by Gasteiger charge is -2.27. The Kier molecular flexibility index (Phi) is 8.62. The Hall–Kier alpha value is -3.93. The summed E-state index contributed by atoms with van der Waals surface area (Å²) >= 11 is 0. The number of benzene rings is 2. The number of nitrogens with zero attached hydrogens (tertiary/aromatic N) is 1. The van der Waals surface area contributed by atoms with Gasteiger partial charge in [0, 0.05) is 36.7 Å². The normalized spacial score (nSPS) is 15.0. The summed E-state index contributed by atoms with van der Waals surface area (Å²) in [5.41, 5.74) is 3.90. The van der Waals surface area contributed by atoms with E-state index in [1.807, 2.05) is 49.2 Å². The number of hydrogen-bond donors (Lipinski definition) is 1. The van der Waals surface area contributed by atoms with Crippen LogP contribution in [0.15, 0.2) is 77.3 Å². The van der Waals surface area contributed by atoms with Gasteiger partial charge in [0.1, 0.15) is 17.2 Å². The highest BCUT2D eigenvalue weighted by atomic mass is 19.1. The minimum atomic E-state index is -0.358. The average Bonchev–Trinajstić information content (AvgIpc) is 3.09. The molecule has 4 rings (SSSR count). The monoisotopic (exact) mass is 514 g/mol. The number of furan rings is 1. The first-order chi connectivity index (χ1) is 18.3. The van der Waals surface area contributed by atoms with Gasteiger partial charge in [-0.2, -0.15) is 0 Å². The first-order valence-corrected chi connectivity index (χ1v) is 13.2. The minimum absolute atomic E-state index is 0.0393. The lowest BCUT2D eigenvalue weighted by Crippen LogP contribution is -2.37. The van der Waals surface area contributed by atoms with E-state index < -0.39 is 0 Å². The lowest BCUT2D eigenvalue weighted by atomic mass is 10.0. The molecular weight excluding hydrogens is 479 g/mol. The molecule has 1 aromatic heterocycles. The number of allylic oxidation sites excluding steroid dienone is 3. The molecule has 0 bridgehead atoms. The molecule has 1 heterocycles. The molecule has 0 radical (unpaired) electrons. The molecule has 0 atom stereocenters. The molecule has 6 heteroatoms. The van der Waals surface area contributed by atoms with Gasteiger partial charge in [-0.05, 0) is 67.3 Å². The molecule has 1 aliphatic rings. The van der Waals surface area contributed by atoms with Crippen LogP contribution in [0.1, 0.15) is 61.4 Å². The summed E-state index contributed by atoms with van der Waals surface area (Å²) in [5.74, 6) is -0.287. The second-order valence-corrected chi connectivity index (χ2v) is 9.90. The van der Waals surface area contributed by atoms with Gasteiger partial charge in [-0.3, -0.25) is 9.59 Å². The van der Waals surface area contributed by atoms with Crippen LogP contribution in [0.3, 0.4) is 0 Å². The van der Waals surface area contributed by atoms with Crippen molar-refractivity contribution in [1.82, 2.24) is 10.2 Å². The van der Waals surface area contributed by atoms with E-state index in [0.717, 1.165) is 24.0 Å². The molecule has 3 aromatic rings. The van der Waals surface area contributed by atoms with Crippen molar-refractivity contribution in [2.45, 2.75) is 51.5 Å². The third kappa shape index (κ3) is 5.96. The molecule has 0 aliphatic heterocycles. The zero-order valence-corrected chi connectivity index (χ0v) is 22.4. The van der Waals surface area contributed by atoms with Gasteiger partial charge in [-0.25, -0.2) is 4.39 Å². The van der Waals surface area contributed by atoms with Gasteiger partial charge in [-0.15, -0.1) is 0 Å². The molecule has 2 amide bonds. The van der Waals surface area contributed by atoms with Gasteiger partial charge in [0.05, 0.1) is 5.56 Å². The van der Waals surface area contributed by atoms with E-state index in [2.05, 4.69) is 11.9 Å². The number of amides is 2. The summed E-state index contributed by atoms with van der Waals surface area (Å²) in [7, 11) is 3.44. The quantitative estimate of drug-likeness (QED) is 0.204. The van der Waals surface area contributed by atoms with E-state index >= 15 is 0 Å². The smallest absolute Gasteiger partial charge is 0.255 e. The maximum absolute atomic E-state index is 13.5. The third-order valence-electron chi connectivity index (χ3n) is 7.31. The molecule has 2 aromatic carbocycles. The predicted molar refractivity (Wildman–Crippen MR) is 151 cm³/mol. The predicted octanol–water partition coefficient (Wildman–Crippen LogP) is 7.30. The summed E-state index contributed by atoms with van der Waals surface area (Å²) in [4.78, 5) is 27.6. The SMILES string of the molecule is C=C(C=CC=C(C)c1ccc2oc(-c3ccc(F)cc3)c(C(=O)NC)c2c1)C(=O)N(C)C1CCCCCC1. The van der Waals surface area contributed by atoms with E-state index in [1.54, 1.807) is 25.3 Å². The summed E-state index contributed by atoms with van der Waals surface area (Å²) in [5, 5.41) is 3.35. The molecule has 1 saturated carbocycles. The van der Waals surface area contributed by atoms with Crippen LogP contribution in [-0.4, -0.2) is 36.9 Å². The molecule has 1 fully saturated rings. The fourth-order valence-electron chi connectivity index (χ4n) is 5.01. The highest BCUT2D eigenvalue weighted by Gasteiger charge is 2.23. The van der Waals surface area contributed by atoms with Gasteiger partial charge >= 0.3 is 0 Å². The third-order valence-corrected chi connectivity index (χ3v) is 7.31. The summed E-state index contributed by atoms with van der Waals surface area (Å²) in [6.07, 6.45) is 12.4. The van der Waals surface area contributed by atoms with Crippen molar-refractivity contribution in [3.63, 3.8) is 0 Å². The maximum atomic E-state index is 13.5. The molecular formula is C32H35FN2O3. The number of halogens is 1. The number of fused-ring (bicyclic) bond motifs is 1. The van der Waals surface area contributed by atoms with Crippen molar-refractivity contribution >= 4 is 28.4 Å². The molecule has 1 aliphatic carbocycles. The second-order valence-electron chi connectivity index (χ2n) is 9.90. The highest BCUT2D eigenvalue weighted by Crippen LogP contribution is 2.35. The van der Waals surface area contributed by atoms with Gasteiger partial charge in [0.25, 0.3) is 11.8 Å². The summed E-state index contributed by atoms with van der Waals surface area (Å²) in [6.45, 7) is 5.96. The van der Waals surface area contributed by atoms with Gasteiger partial charge < -0.3 is 14.6 Å². The number of carbonyl (C=O) groups is 2. The lowest BCUT2D eigenvalue weighted by molar-refractivity contribution is -0.127. The van der Waals surface area contributed by atoms with Crippen LogP contribution in [0.4, 0.5) is 4.39 Å². The first-order valence-electron chi connectivity index (χ1n) is 13.2. The molecule has 38 heavy (non-hydrogen) atoms. The van der Waals surface area contributed by atoms with Crippen LogP contribution >= 0.6 is 0 Å². The molecule has 1 N–H and O–H groups in total. The van der Waals surface area contributed by atoms with Crippen LogP contribution in [-0.2, 0) is 4.79 Å². The van der Waals surface area contributed by atoms with Crippen LogP contribution in [0.25, 0.3) is 27.9 Å². The molecule has 0 unspecified atom stereocenters. The summed E-state index contributed by atoms with van der Waals surface area (Å²) < 4.78 is 19.5. The van der Waals surface area contributed by atoms with Crippen molar-refractivity contribution in [3.05, 3.63) is 89.8 Å². The maximum Gasteiger partial charge on any atom is 0.255 e. The molecule has 5 nitrogen and oxygen atoms in total. The van der Waals surface area contributed by atoms with Gasteiger partial charge in [-0.1, -0.05) is 56.6 Å². The van der Waals surface area contributed by atoms with E-state index in [1.165, 1.54) is 37.8 Å². The zero-order chi connectivity index (χ0) is 27.2. The van der Waals surface area contributed by atoms with E-state index in [-0.39, 0.29) is 23.7 Å². The van der Waals surface area contributed by atoms with Crippen LogP contribution < -0.4 is 5.32 Å². The first kappa shape index (κ1) is 27.1. The number of likely N-dealkylation sites (N-methyl/N-ethyl adjacent to an activating group) is 1. The minimum Gasteiger partial charge on any atom is -0.455 e. The van der Waals surface area contributed by atoms with Gasteiger partial charge in [0.2, 0.25) is 0 Å². The highest BCUT2D eigenvalue weighted by molar-refractivity contribution is 6.11. The van der Waals surface area contributed by atoms with Crippen molar-refractivity contribution in [2.75, 3.05) is 14.1 Å².